The van der Waals surface area contributed by atoms with Crippen molar-refractivity contribution in [3.8, 4) is 0 Å². The number of para-hydroxylation sites is 1. The lowest BCUT2D eigenvalue weighted by molar-refractivity contribution is -0.123. The minimum Gasteiger partial charge on any atom is -0.322 e. The van der Waals surface area contributed by atoms with Crippen LogP contribution in [0, 0.1) is 37.5 Å². The Morgan fingerprint density at radius 3 is 2.37 bits per heavy atom. The maximum Gasteiger partial charge on any atom is 0.257 e. The van der Waals surface area contributed by atoms with E-state index in [9.17, 15) is 14.4 Å². The first kappa shape index (κ1) is 18.8. The molecule has 1 aliphatic heterocycles. The molecule has 152 valence electrons. The van der Waals surface area contributed by atoms with Crippen LogP contribution in [0.5, 0.6) is 0 Å². The third-order valence-corrected chi connectivity index (χ3v) is 6.75. The zero-order valence-corrected chi connectivity index (χ0v) is 17.3. The second-order valence-electron chi connectivity index (χ2n) is 8.83. The molecule has 4 atom stereocenters. The highest BCUT2D eigenvalue weighted by Crippen LogP contribution is 2.56. The smallest absolute Gasteiger partial charge is 0.257 e. The van der Waals surface area contributed by atoms with Crippen molar-refractivity contribution in [3.05, 3.63) is 70.8 Å². The van der Waals surface area contributed by atoms with Gasteiger partial charge in [-0.1, -0.05) is 29.8 Å². The van der Waals surface area contributed by atoms with E-state index in [2.05, 4.69) is 11.4 Å². The summed E-state index contributed by atoms with van der Waals surface area (Å²) in [5.74, 6) is -0.963. The number of hydrogen-bond acceptors (Lipinski definition) is 3. The number of amides is 3. The minimum atomic E-state index is -0.328. The van der Waals surface area contributed by atoms with Gasteiger partial charge in [-0.25, -0.2) is 4.90 Å². The Balaban J connectivity index is 1.48. The topological polar surface area (TPSA) is 66.5 Å². The molecule has 0 radical (unpaired) electrons. The number of allylic oxidation sites excluding steroid dienone is 2. The molecule has 5 rings (SSSR count). The molecule has 1 saturated heterocycles. The van der Waals surface area contributed by atoms with E-state index in [0.29, 0.717) is 16.9 Å². The van der Waals surface area contributed by atoms with Crippen LogP contribution in [-0.2, 0) is 9.59 Å². The Morgan fingerprint density at radius 2 is 1.63 bits per heavy atom. The molecule has 0 unspecified atom stereocenters. The molecule has 5 heteroatoms. The summed E-state index contributed by atoms with van der Waals surface area (Å²) in [6.07, 6.45) is 3.04. The van der Waals surface area contributed by atoms with Crippen molar-refractivity contribution in [2.24, 2.45) is 23.7 Å². The molecule has 3 aliphatic rings. The normalized spacial score (nSPS) is 26.8. The molecule has 2 aliphatic carbocycles. The quantitative estimate of drug-likeness (QED) is 0.618. The molecule has 2 bridgehead atoms. The fraction of sp³-hybridized carbons (Fsp3) is 0.320. The van der Waals surface area contributed by atoms with Crippen LogP contribution in [0.3, 0.4) is 0 Å². The second-order valence-corrected chi connectivity index (χ2v) is 8.83. The maximum absolute atomic E-state index is 13.3. The molecule has 30 heavy (non-hydrogen) atoms. The predicted molar refractivity (Wildman–Crippen MR) is 115 cm³/mol. The summed E-state index contributed by atoms with van der Waals surface area (Å²) in [6.45, 7) is 6.00. The minimum absolute atomic E-state index is 0.137. The van der Waals surface area contributed by atoms with Gasteiger partial charge in [-0.15, -0.1) is 0 Å². The van der Waals surface area contributed by atoms with Crippen molar-refractivity contribution in [2.75, 3.05) is 10.2 Å². The van der Waals surface area contributed by atoms with Gasteiger partial charge < -0.3 is 5.32 Å². The van der Waals surface area contributed by atoms with Crippen LogP contribution in [0.25, 0.3) is 0 Å². The van der Waals surface area contributed by atoms with Crippen molar-refractivity contribution in [3.63, 3.8) is 0 Å². The average Bonchev–Trinajstić information content (AvgIpc) is 3.31. The average molecular weight is 400 g/mol. The van der Waals surface area contributed by atoms with Crippen LogP contribution in [0.4, 0.5) is 11.4 Å². The van der Waals surface area contributed by atoms with E-state index in [1.807, 2.05) is 39.0 Å². The van der Waals surface area contributed by atoms with Gasteiger partial charge in [0.2, 0.25) is 11.8 Å². The fourth-order valence-electron chi connectivity index (χ4n) is 5.62. The van der Waals surface area contributed by atoms with Gasteiger partial charge in [0.15, 0.2) is 0 Å². The summed E-state index contributed by atoms with van der Waals surface area (Å²) in [4.78, 5) is 40.9. The molecule has 0 aromatic heterocycles. The molecule has 2 aromatic carbocycles. The van der Waals surface area contributed by atoms with Crippen LogP contribution in [0.2, 0.25) is 0 Å². The maximum atomic E-state index is 13.3. The number of nitrogens with zero attached hydrogens (tertiary/aromatic N) is 1. The summed E-state index contributed by atoms with van der Waals surface area (Å²) < 4.78 is 0. The molecule has 5 nitrogen and oxygen atoms in total. The van der Waals surface area contributed by atoms with E-state index < -0.39 is 0 Å². The number of benzene rings is 2. The number of aryl methyl sites for hydroxylation is 2. The van der Waals surface area contributed by atoms with Gasteiger partial charge in [0.1, 0.15) is 0 Å². The lowest BCUT2D eigenvalue weighted by Gasteiger charge is -2.20. The SMILES string of the molecule is CC1=C[C@@H]2C[C@H]1[C@@H]1C(=O)N(c3ccccc3C(=O)Nc3cc(C)cc(C)c3)C(=O)[C@H]12. The molecule has 0 spiro atoms. The number of carbonyl (C=O) groups excluding carboxylic acids is 3. The molecule has 3 amide bonds. The van der Waals surface area contributed by atoms with Gasteiger partial charge in [-0.05, 0) is 74.4 Å². The molecule has 2 aromatic rings. The number of rotatable bonds is 3. The van der Waals surface area contributed by atoms with E-state index in [0.717, 1.165) is 17.5 Å². The van der Waals surface area contributed by atoms with E-state index in [1.54, 1.807) is 24.3 Å². The van der Waals surface area contributed by atoms with Gasteiger partial charge in [-0.2, -0.15) is 0 Å². The summed E-state index contributed by atoms with van der Waals surface area (Å²) >= 11 is 0. The number of hydrogen-bond donors (Lipinski definition) is 1. The largest absolute Gasteiger partial charge is 0.322 e. The zero-order chi connectivity index (χ0) is 21.2. The van der Waals surface area contributed by atoms with Crippen LogP contribution in [-0.4, -0.2) is 17.7 Å². The molecule has 1 N–H and O–H groups in total. The van der Waals surface area contributed by atoms with Crippen molar-refractivity contribution in [2.45, 2.75) is 27.2 Å². The third-order valence-electron chi connectivity index (χ3n) is 6.75. The second kappa shape index (κ2) is 6.66. The highest BCUT2D eigenvalue weighted by molar-refractivity contribution is 6.25. The Bertz CT molecular complexity index is 1110. The number of fused-ring (bicyclic) bond motifs is 5. The highest BCUT2D eigenvalue weighted by atomic mass is 16.2. The first-order chi connectivity index (χ1) is 14.3. The third kappa shape index (κ3) is 2.72. The van der Waals surface area contributed by atoms with Crippen LogP contribution in [0.1, 0.15) is 34.8 Å². The summed E-state index contributed by atoms with van der Waals surface area (Å²) in [5.41, 5.74) is 4.71. The van der Waals surface area contributed by atoms with Crippen LogP contribution in [0.15, 0.2) is 54.1 Å². The number of imide groups is 1. The monoisotopic (exact) mass is 400 g/mol. The Labute approximate surface area is 175 Å². The fourth-order valence-corrected chi connectivity index (χ4v) is 5.62. The first-order valence-electron chi connectivity index (χ1n) is 10.4. The Kier molecular flexibility index (Phi) is 4.17. The Morgan fingerprint density at radius 1 is 0.967 bits per heavy atom. The van der Waals surface area contributed by atoms with Gasteiger partial charge in [0.25, 0.3) is 5.91 Å². The lowest BCUT2D eigenvalue weighted by atomic mass is 9.82. The van der Waals surface area contributed by atoms with Crippen LogP contribution >= 0.6 is 0 Å². The van der Waals surface area contributed by atoms with E-state index in [-0.39, 0.29) is 41.4 Å². The van der Waals surface area contributed by atoms with Crippen LogP contribution < -0.4 is 10.2 Å². The molecule has 1 saturated carbocycles. The number of anilines is 2. The molecular weight excluding hydrogens is 376 g/mol. The Hall–Kier alpha value is -3.21. The van der Waals surface area contributed by atoms with E-state index in [4.69, 9.17) is 0 Å². The van der Waals surface area contributed by atoms with Gasteiger partial charge >= 0.3 is 0 Å². The lowest BCUT2D eigenvalue weighted by Crippen LogP contribution is -2.34. The molecule has 2 fully saturated rings. The molecule has 1 heterocycles. The number of nitrogens with one attached hydrogen (secondary N) is 1. The highest BCUT2D eigenvalue weighted by Gasteiger charge is 2.61. The van der Waals surface area contributed by atoms with Crippen molar-refractivity contribution < 1.29 is 14.4 Å². The summed E-state index contributed by atoms with van der Waals surface area (Å²) in [7, 11) is 0. The standard InChI is InChI=1S/C25H24N2O3/c1-13-8-14(2)10-17(9-13)26-23(28)18-6-4-5-7-20(18)27-24(29)21-16-11-15(3)19(12-16)22(21)25(27)30/h4-11,16,19,21-22H,12H2,1-3H3,(H,26,28)/t16-,19-,21+,22+/m1/s1. The van der Waals surface area contributed by atoms with Crippen molar-refractivity contribution in [1.29, 1.82) is 0 Å². The van der Waals surface area contributed by atoms with Crippen molar-refractivity contribution >= 4 is 29.1 Å². The van der Waals surface area contributed by atoms with Gasteiger partial charge in [0, 0.05) is 5.69 Å². The summed E-state index contributed by atoms with van der Waals surface area (Å²) in [6, 6.07) is 12.7. The van der Waals surface area contributed by atoms with E-state index in [1.165, 1.54) is 10.5 Å². The van der Waals surface area contributed by atoms with E-state index >= 15 is 0 Å². The zero-order valence-electron chi connectivity index (χ0n) is 17.3. The van der Waals surface area contributed by atoms with Gasteiger partial charge in [-0.3, -0.25) is 14.4 Å². The predicted octanol–water partition coefficient (Wildman–Crippen LogP) is 4.26. The summed E-state index contributed by atoms with van der Waals surface area (Å²) in [5, 5.41) is 2.92. The first-order valence-corrected chi connectivity index (χ1v) is 10.4. The molecular formula is C25H24N2O3. The van der Waals surface area contributed by atoms with Gasteiger partial charge in [0.05, 0.1) is 23.1 Å². The van der Waals surface area contributed by atoms with Crippen molar-refractivity contribution in [1.82, 2.24) is 0 Å². The number of carbonyl (C=O) groups is 3.